The summed E-state index contributed by atoms with van der Waals surface area (Å²) in [6.07, 6.45) is 6.22. The number of nitrogen functional groups attached to an aromatic ring is 1. The number of aromatic nitrogens is 1. The maximum atomic E-state index is 13.9. The number of hydrazine groups is 1. The quantitative estimate of drug-likeness (QED) is 0.190. The molecule has 3 aromatic rings. The first-order chi connectivity index (χ1) is 20.2. The Bertz CT molecular complexity index is 1530. The Labute approximate surface area is 250 Å². The van der Waals surface area contributed by atoms with Gasteiger partial charge >= 0.3 is 5.97 Å². The monoisotopic (exact) mass is 588 g/mol. The van der Waals surface area contributed by atoms with E-state index in [4.69, 9.17) is 11.6 Å². The molecule has 0 bridgehead atoms. The molecule has 3 heterocycles. The number of fused-ring (bicyclic) bond motifs is 3. The van der Waals surface area contributed by atoms with Gasteiger partial charge in [0.2, 0.25) is 0 Å². The molecule has 9 nitrogen and oxygen atoms in total. The van der Waals surface area contributed by atoms with Crippen molar-refractivity contribution in [3.8, 4) is 0 Å². The van der Waals surface area contributed by atoms with Crippen molar-refractivity contribution in [1.29, 1.82) is 0 Å². The van der Waals surface area contributed by atoms with Gasteiger partial charge in [0.1, 0.15) is 16.8 Å². The van der Waals surface area contributed by atoms with Crippen molar-refractivity contribution in [3.63, 3.8) is 0 Å². The van der Waals surface area contributed by atoms with Crippen LogP contribution in [0.15, 0.2) is 53.6 Å². The van der Waals surface area contributed by atoms with Gasteiger partial charge in [0.25, 0.3) is 0 Å². The Kier molecular flexibility index (Phi) is 7.95. The number of nitrogens with zero attached hydrogens (tertiary/aromatic N) is 4. The normalized spacial score (nSPS) is 21.0. The zero-order chi connectivity index (χ0) is 29.5. The fourth-order valence-corrected chi connectivity index (χ4v) is 7.85. The first-order valence-electron chi connectivity index (χ1n) is 14.8. The molecule has 5 N–H and O–H groups in total. The third kappa shape index (κ3) is 5.63. The number of anilines is 3. The minimum atomic E-state index is -1.36. The second-order valence-corrected chi connectivity index (χ2v) is 13.5. The van der Waals surface area contributed by atoms with E-state index in [9.17, 15) is 14.1 Å². The van der Waals surface area contributed by atoms with E-state index in [2.05, 4.69) is 22.9 Å². The highest BCUT2D eigenvalue weighted by Crippen LogP contribution is 2.39. The van der Waals surface area contributed by atoms with Crippen molar-refractivity contribution < 1.29 is 14.1 Å². The average molecular weight is 589 g/mol. The number of hydrogen-bond donors (Lipinski definition) is 3. The van der Waals surface area contributed by atoms with Crippen LogP contribution >= 0.6 is 0 Å². The first-order valence-corrected chi connectivity index (χ1v) is 15.9. The summed E-state index contributed by atoms with van der Waals surface area (Å²) in [5.74, 6) is 6.53. The number of aryl methyl sites for hydroxylation is 1. The fourth-order valence-electron chi connectivity index (χ4n) is 6.49. The third-order valence-corrected chi connectivity index (χ3v) is 10.6. The van der Waals surface area contributed by atoms with Crippen molar-refractivity contribution in [2.45, 2.75) is 69.4 Å². The van der Waals surface area contributed by atoms with Crippen LogP contribution in [-0.2, 0) is 22.3 Å². The van der Waals surface area contributed by atoms with E-state index >= 15 is 0 Å². The number of carboxylic acids is 1. The highest BCUT2D eigenvalue weighted by molar-refractivity contribution is 7.82. The molecule has 3 unspecified atom stereocenters. The molecule has 10 heteroatoms. The topological polar surface area (TPSA) is 129 Å². The number of aliphatic carboxylic acids is 1. The molecular formula is C32H40N6O3S. The summed E-state index contributed by atoms with van der Waals surface area (Å²) < 4.78 is 15.9. The molecule has 1 aliphatic carbocycles. The molecule has 1 saturated carbocycles. The summed E-state index contributed by atoms with van der Waals surface area (Å²) in [5.41, 5.74) is 12.7. The van der Waals surface area contributed by atoms with Crippen molar-refractivity contribution in [1.82, 2.24) is 9.29 Å². The number of hydrogen-bond acceptors (Lipinski definition) is 7. The van der Waals surface area contributed by atoms with E-state index in [-0.39, 0.29) is 12.5 Å². The third-order valence-electron chi connectivity index (χ3n) is 9.11. The van der Waals surface area contributed by atoms with Gasteiger partial charge in [0, 0.05) is 44.3 Å². The Hall–Kier alpha value is -3.47. The zero-order valence-electron chi connectivity index (χ0n) is 24.3. The van der Waals surface area contributed by atoms with Gasteiger partial charge in [-0.1, -0.05) is 24.3 Å². The number of pyridine rings is 1. The second-order valence-electron chi connectivity index (χ2n) is 12.0. The summed E-state index contributed by atoms with van der Waals surface area (Å²) in [6, 6.07) is 14.1. The molecule has 222 valence electrons. The van der Waals surface area contributed by atoms with Gasteiger partial charge in [-0.2, -0.15) is 0 Å². The molecule has 0 radical (unpaired) electrons. The molecule has 1 saturated heterocycles. The summed E-state index contributed by atoms with van der Waals surface area (Å²) >= 11 is 0. The van der Waals surface area contributed by atoms with E-state index in [0.29, 0.717) is 24.7 Å². The number of rotatable bonds is 9. The number of carboxylic acid groups (broad SMARTS) is 1. The molecule has 2 fully saturated rings. The van der Waals surface area contributed by atoms with Gasteiger partial charge < -0.3 is 20.7 Å². The van der Waals surface area contributed by atoms with Gasteiger partial charge in [-0.15, -0.1) is 0 Å². The second kappa shape index (κ2) is 11.7. The van der Waals surface area contributed by atoms with Gasteiger partial charge in [-0.3, -0.25) is 4.79 Å². The van der Waals surface area contributed by atoms with Crippen LogP contribution in [0.1, 0.15) is 65.8 Å². The average Bonchev–Trinajstić information content (AvgIpc) is 3.69. The summed E-state index contributed by atoms with van der Waals surface area (Å²) in [7, 11) is -1.36. The maximum absolute atomic E-state index is 13.9. The first kappa shape index (κ1) is 28.6. The van der Waals surface area contributed by atoms with Gasteiger partial charge in [0.05, 0.1) is 22.7 Å². The van der Waals surface area contributed by atoms with Gasteiger partial charge in [-0.05, 0) is 91.5 Å². The van der Waals surface area contributed by atoms with Crippen LogP contribution in [0, 0.1) is 19.8 Å². The molecule has 0 spiro atoms. The van der Waals surface area contributed by atoms with Crippen molar-refractivity contribution in [2.24, 2.45) is 11.8 Å². The van der Waals surface area contributed by atoms with Crippen molar-refractivity contribution in [2.75, 3.05) is 35.3 Å². The van der Waals surface area contributed by atoms with Crippen LogP contribution in [0.5, 0.6) is 0 Å². The number of benzene rings is 2. The molecule has 3 aliphatic rings. The van der Waals surface area contributed by atoms with Crippen molar-refractivity contribution >= 4 is 34.1 Å². The fraction of sp³-hybridized carbons (Fsp3) is 0.438. The summed E-state index contributed by atoms with van der Waals surface area (Å²) in [5, 5.41) is 11.7. The lowest BCUT2D eigenvalue weighted by atomic mass is 9.84. The Morgan fingerprint density at radius 2 is 2.00 bits per heavy atom. The predicted molar refractivity (Wildman–Crippen MR) is 167 cm³/mol. The van der Waals surface area contributed by atoms with E-state index in [1.165, 1.54) is 12.8 Å². The smallest absolute Gasteiger partial charge is 0.304 e. The number of nitrogens with two attached hydrogens (primary N) is 2. The van der Waals surface area contributed by atoms with Crippen LogP contribution in [0.2, 0.25) is 0 Å². The molecule has 2 aliphatic heterocycles. The largest absolute Gasteiger partial charge is 0.481 e. The Morgan fingerprint density at radius 3 is 2.76 bits per heavy atom. The van der Waals surface area contributed by atoms with Gasteiger partial charge in [0.15, 0.2) is 0 Å². The molecule has 42 heavy (non-hydrogen) atoms. The lowest BCUT2D eigenvalue weighted by Gasteiger charge is -2.27. The van der Waals surface area contributed by atoms with Crippen LogP contribution in [-0.4, -0.2) is 50.3 Å². The molecule has 3 atom stereocenters. The van der Waals surface area contributed by atoms with Gasteiger partial charge in [-0.25, -0.2) is 19.3 Å². The lowest BCUT2D eigenvalue weighted by molar-refractivity contribution is -0.137. The lowest BCUT2D eigenvalue weighted by Crippen LogP contribution is -2.38. The van der Waals surface area contributed by atoms with E-state index in [1.54, 1.807) is 11.2 Å². The predicted octanol–water partition coefficient (Wildman–Crippen LogP) is 4.48. The van der Waals surface area contributed by atoms with Crippen LogP contribution in [0.4, 0.5) is 17.2 Å². The Morgan fingerprint density at radius 1 is 1.19 bits per heavy atom. The highest BCUT2D eigenvalue weighted by atomic mass is 32.2. The molecule has 1 aromatic heterocycles. The number of carbonyl (C=O) groups is 1. The van der Waals surface area contributed by atoms with E-state index in [1.807, 2.05) is 47.6 Å². The minimum absolute atomic E-state index is 0.0672. The summed E-state index contributed by atoms with van der Waals surface area (Å²) in [4.78, 5) is 19.8. The molecule has 0 amide bonds. The van der Waals surface area contributed by atoms with Crippen LogP contribution in [0.25, 0.3) is 0 Å². The van der Waals surface area contributed by atoms with Crippen LogP contribution in [0.3, 0.4) is 0 Å². The maximum Gasteiger partial charge on any atom is 0.304 e. The Balaban J connectivity index is 1.32. The SMILES string of the molecule is Cc1ccc(C(CC(=O)O)c2ccc(N(N)CC3CC3)c(N)c2C)cc1CN1CC2CCCN2c2ncccc2S1=O. The summed E-state index contributed by atoms with van der Waals surface area (Å²) in [6.45, 7) is 6.86. The van der Waals surface area contributed by atoms with Crippen LogP contribution < -0.4 is 21.5 Å². The van der Waals surface area contributed by atoms with E-state index < -0.39 is 22.9 Å². The van der Waals surface area contributed by atoms with Crippen molar-refractivity contribution in [3.05, 3.63) is 76.5 Å². The highest BCUT2D eigenvalue weighted by Gasteiger charge is 2.36. The standard InChI is InChI=1S/C32H40N6O3S/c1-20-7-10-23(27(16-30(39)40)26-11-12-28(31(33)21(26)2)38(34)17-22-8-9-22)15-24(20)18-36-19-25-5-4-14-37(25)32-29(42(36)41)6-3-13-35-32/h3,6-7,10-13,15,22,25,27H,4-5,8-9,14,16-19,33-34H2,1-2H3,(H,39,40). The zero-order valence-corrected chi connectivity index (χ0v) is 25.1. The minimum Gasteiger partial charge on any atom is -0.481 e. The molecule has 2 aromatic carbocycles. The van der Waals surface area contributed by atoms with E-state index in [0.717, 1.165) is 70.1 Å². The molecule has 6 rings (SSSR count). The molecular weight excluding hydrogens is 548 g/mol.